The molecule has 23 heavy (non-hydrogen) atoms. The number of carbonyl (C=O) groups is 1. The summed E-state index contributed by atoms with van der Waals surface area (Å²) in [6, 6.07) is 8.17. The van der Waals surface area contributed by atoms with Crippen LogP contribution >= 0.6 is 0 Å². The minimum absolute atomic E-state index is 0.338. The standard InChI is InChI=1S/C19H32N2O2/c1-5-6-8-15(16-10-12-17(20)13-11-16)9-7-14-21-18(22)23-19(2,3)4/h10-13,15H,5-9,14,20H2,1-4H3,(H,21,22). The molecule has 1 rings (SSSR count). The zero-order valence-corrected chi connectivity index (χ0v) is 15.0. The Hall–Kier alpha value is -1.71. The zero-order chi connectivity index (χ0) is 17.3. The summed E-state index contributed by atoms with van der Waals surface area (Å²) in [6.45, 7) is 8.47. The lowest BCUT2D eigenvalue weighted by atomic mass is 9.89. The Balaban J connectivity index is 2.43. The summed E-state index contributed by atoms with van der Waals surface area (Å²) in [5, 5.41) is 2.83. The molecule has 1 aromatic rings. The third-order valence-corrected chi connectivity index (χ3v) is 3.71. The number of nitrogens with two attached hydrogens (primary N) is 1. The van der Waals surface area contributed by atoms with Gasteiger partial charge in [0.1, 0.15) is 5.60 Å². The van der Waals surface area contributed by atoms with Crippen LogP contribution in [-0.4, -0.2) is 18.2 Å². The molecule has 0 aliphatic rings. The summed E-state index contributed by atoms with van der Waals surface area (Å²) in [4.78, 5) is 11.6. The van der Waals surface area contributed by atoms with Gasteiger partial charge in [0.25, 0.3) is 0 Å². The van der Waals surface area contributed by atoms with Gasteiger partial charge >= 0.3 is 6.09 Å². The van der Waals surface area contributed by atoms with Gasteiger partial charge < -0.3 is 15.8 Å². The van der Waals surface area contributed by atoms with Crippen molar-refractivity contribution in [2.45, 2.75) is 71.3 Å². The van der Waals surface area contributed by atoms with Crippen molar-refractivity contribution in [3.8, 4) is 0 Å². The molecule has 0 aliphatic carbocycles. The highest BCUT2D eigenvalue weighted by atomic mass is 16.6. The van der Waals surface area contributed by atoms with Crippen molar-refractivity contribution in [3.63, 3.8) is 0 Å². The van der Waals surface area contributed by atoms with Gasteiger partial charge in [-0.25, -0.2) is 4.79 Å². The first-order valence-electron chi connectivity index (χ1n) is 8.64. The highest BCUT2D eigenvalue weighted by Gasteiger charge is 2.16. The maximum Gasteiger partial charge on any atom is 0.407 e. The van der Waals surface area contributed by atoms with E-state index in [-0.39, 0.29) is 6.09 Å². The Kier molecular flexibility index (Phi) is 7.93. The molecule has 1 amide bonds. The van der Waals surface area contributed by atoms with Crippen molar-refractivity contribution < 1.29 is 9.53 Å². The molecule has 1 aromatic carbocycles. The van der Waals surface area contributed by atoms with Crippen LogP contribution in [0.1, 0.15) is 71.3 Å². The molecule has 3 N–H and O–H groups in total. The number of nitrogens with one attached hydrogen (secondary N) is 1. The number of ether oxygens (including phenoxy) is 1. The lowest BCUT2D eigenvalue weighted by Gasteiger charge is -2.20. The largest absolute Gasteiger partial charge is 0.444 e. The van der Waals surface area contributed by atoms with Crippen LogP contribution in [0.4, 0.5) is 10.5 Å². The number of benzene rings is 1. The molecular weight excluding hydrogens is 288 g/mol. The van der Waals surface area contributed by atoms with Crippen molar-refractivity contribution in [2.24, 2.45) is 0 Å². The molecule has 4 nitrogen and oxygen atoms in total. The number of anilines is 1. The van der Waals surface area contributed by atoms with E-state index in [1.807, 2.05) is 32.9 Å². The summed E-state index contributed by atoms with van der Waals surface area (Å²) in [5.41, 5.74) is 7.46. The molecule has 0 bridgehead atoms. The van der Waals surface area contributed by atoms with E-state index in [4.69, 9.17) is 10.5 Å². The van der Waals surface area contributed by atoms with Crippen LogP contribution in [-0.2, 0) is 4.74 Å². The normalized spacial score (nSPS) is 12.7. The molecule has 0 fully saturated rings. The molecule has 0 spiro atoms. The quantitative estimate of drug-likeness (QED) is 0.531. The van der Waals surface area contributed by atoms with Crippen molar-refractivity contribution in [1.82, 2.24) is 5.32 Å². The Bertz CT molecular complexity index is 463. The molecule has 0 heterocycles. The number of alkyl carbamates (subject to hydrolysis) is 1. The smallest absolute Gasteiger partial charge is 0.407 e. The predicted molar refractivity (Wildman–Crippen MR) is 96.6 cm³/mol. The molecule has 4 heteroatoms. The molecule has 1 unspecified atom stereocenters. The van der Waals surface area contributed by atoms with E-state index in [1.54, 1.807) is 0 Å². The first-order valence-corrected chi connectivity index (χ1v) is 8.64. The number of unbranched alkanes of at least 4 members (excludes halogenated alkanes) is 1. The molecule has 0 aliphatic heterocycles. The summed E-state index contributed by atoms with van der Waals surface area (Å²) >= 11 is 0. The lowest BCUT2D eigenvalue weighted by Crippen LogP contribution is -2.33. The fraction of sp³-hybridized carbons (Fsp3) is 0.632. The van der Waals surface area contributed by atoms with Crippen LogP contribution < -0.4 is 11.1 Å². The van der Waals surface area contributed by atoms with Crippen LogP contribution in [0, 0.1) is 0 Å². The van der Waals surface area contributed by atoms with Gasteiger partial charge in [-0.3, -0.25) is 0 Å². The first-order chi connectivity index (χ1) is 10.8. The maximum absolute atomic E-state index is 11.6. The molecule has 1 atom stereocenters. The third kappa shape index (κ3) is 8.48. The Morgan fingerprint density at radius 2 is 1.78 bits per heavy atom. The van der Waals surface area contributed by atoms with E-state index in [2.05, 4.69) is 24.4 Å². The molecule has 0 aromatic heterocycles. The highest BCUT2D eigenvalue weighted by molar-refractivity contribution is 5.67. The van der Waals surface area contributed by atoms with E-state index in [0.29, 0.717) is 12.5 Å². The van der Waals surface area contributed by atoms with E-state index in [1.165, 1.54) is 24.8 Å². The Labute approximate surface area is 140 Å². The Morgan fingerprint density at radius 3 is 2.35 bits per heavy atom. The lowest BCUT2D eigenvalue weighted by molar-refractivity contribution is 0.0526. The molecule has 0 saturated carbocycles. The third-order valence-electron chi connectivity index (χ3n) is 3.71. The predicted octanol–water partition coefficient (Wildman–Crippen LogP) is 4.85. The molecule has 0 saturated heterocycles. The van der Waals surface area contributed by atoms with Gasteiger partial charge in [0.05, 0.1) is 0 Å². The molecule has 0 radical (unpaired) electrons. The molecule has 130 valence electrons. The van der Waals surface area contributed by atoms with Crippen molar-refractivity contribution in [2.75, 3.05) is 12.3 Å². The fourth-order valence-corrected chi connectivity index (χ4v) is 2.55. The van der Waals surface area contributed by atoms with Crippen LogP contribution in [0.25, 0.3) is 0 Å². The van der Waals surface area contributed by atoms with Gasteiger partial charge in [-0.2, -0.15) is 0 Å². The van der Waals surface area contributed by atoms with Gasteiger partial charge in [0, 0.05) is 12.2 Å². The zero-order valence-electron chi connectivity index (χ0n) is 15.0. The van der Waals surface area contributed by atoms with E-state index >= 15 is 0 Å². The van der Waals surface area contributed by atoms with Gasteiger partial charge in [0.15, 0.2) is 0 Å². The minimum atomic E-state index is -0.447. The average Bonchev–Trinajstić information content (AvgIpc) is 2.46. The van der Waals surface area contributed by atoms with E-state index in [0.717, 1.165) is 18.5 Å². The van der Waals surface area contributed by atoms with Gasteiger partial charge in [-0.05, 0) is 63.6 Å². The van der Waals surface area contributed by atoms with Gasteiger partial charge in [-0.1, -0.05) is 31.9 Å². The van der Waals surface area contributed by atoms with Crippen LogP contribution in [0.3, 0.4) is 0 Å². The second-order valence-electron chi connectivity index (χ2n) is 7.08. The molecular formula is C19H32N2O2. The van der Waals surface area contributed by atoms with Crippen LogP contribution in [0.2, 0.25) is 0 Å². The number of hydrogen-bond acceptors (Lipinski definition) is 3. The number of rotatable bonds is 8. The number of carbonyl (C=O) groups excluding carboxylic acids is 1. The Morgan fingerprint density at radius 1 is 1.17 bits per heavy atom. The fourth-order valence-electron chi connectivity index (χ4n) is 2.55. The van der Waals surface area contributed by atoms with Gasteiger partial charge in [-0.15, -0.1) is 0 Å². The highest BCUT2D eigenvalue weighted by Crippen LogP contribution is 2.27. The summed E-state index contributed by atoms with van der Waals surface area (Å²) in [6.07, 6.45) is 5.25. The van der Waals surface area contributed by atoms with E-state index < -0.39 is 5.60 Å². The SMILES string of the molecule is CCCCC(CCCNC(=O)OC(C)(C)C)c1ccc(N)cc1. The average molecular weight is 320 g/mol. The topological polar surface area (TPSA) is 64.3 Å². The van der Waals surface area contributed by atoms with Crippen molar-refractivity contribution in [3.05, 3.63) is 29.8 Å². The second kappa shape index (κ2) is 9.43. The van der Waals surface area contributed by atoms with Crippen LogP contribution in [0.5, 0.6) is 0 Å². The summed E-state index contributed by atoms with van der Waals surface area (Å²) < 4.78 is 5.24. The monoisotopic (exact) mass is 320 g/mol. The van der Waals surface area contributed by atoms with Gasteiger partial charge in [0.2, 0.25) is 0 Å². The number of amides is 1. The van der Waals surface area contributed by atoms with Crippen molar-refractivity contribution in [1.29, 1.82) is 0 Å². The maximum atomic E-state index is 11.6. The van der Waals surface area contributed by atoms with Crippen LogP contribution in [0.15, 0.2) is 24.3 Å². The first kappa shape index (κ1) is 19.3. The summed E-state index contributed by atoms with van der Waals surface area (Å²) in [5.74, 6) is 0.524. The number of nitrogen functional groups attached to an aromatic ring is 1. The second-order valence-corrected chi connectivity index (χ2v) is 7.08. The number of hydrogen-bond donors (Lipinski definition) is 2. The minimum Gasteiger partial charge on any atom is -0.444 e. The summed E-state index contributed by atoms with van der Waals surface area (Å²) in [7, 11) is 0. The van der Waals surface area contributed by atoms with E-state index in [9.17, 15) is 4.79 Å². The van der Waals surface area contributed by atoms with Crippen molar-refractivity contribution >= 4 is 11.8 Å².